The number of carbonyl (C=O) groups excluding carboxylic acids is 1. The first-order chi connectivity index (χ1) is 20.6. The van der Waals surface area contributed by atoms with Crippen molar-refractivity contribution in [1.29, 1.82) is 0 Å². The fraction of sp³-hybridized carbons (Fsp3) is 0.226. The van der Waals surface area contributed by atoms with Gasteiger partial charge in [0.2, 0.25) is 10.0 Å². The highest BCUT2D eigenvalue weighted by molar-refractivity contribution is 14.1. The maximum absolute atomic E-state index is 15.7. The third-order valence-electron chi connectivity index (χ3n) is 6.99. The maximum Gasteiger partial charge on any atom is 0.277 e. The number of pyridine rings is 1. The number of aromatic nitrogens is 1. The Hall–Kier alpha value is -3.46. The summed E-state index contributed by atoms with van der Waals surface area (Å²) >= 11 is 2.12. The lowest BCUT2D eigenvalue weighted by molar-refractivity contribution is 0.0270. The van der Waals surface area contributed by atoms with Crippen LogP contribution in [-0.2, 0) is 27.8 Å². The molecule has 0 unspecified atom stereocenters. The van der Waals surface area contributed by atoms with Gasteiger partial charge in [0.05, 0.1) is 30.1 Å². The highest BCUT2D eigenvalue weighted by Crippen LogP contribution is 2.33. The van der Waals surface area contributed by atoms with E-state index >= 15 is 8.78 Å². The molecule has 1 fully saturated rings. The van der Waals surface area contributed by atoms with Crippen LogP contribution in [0.1, 0.15) is 45.6 Å². The van der Waals surface area contributed by atoms with Gasteiger partial charge in [-0.25, -0.2) is 27.4 Å². The van der Waals surface area contributed by atoms with Crippen molar-refractivity contribution in [1.82, 2.24) is 15.2 Å². The van der Waals surface area contributed by atoms with Crippen LogP contribution in [0, 0.1) is 28.0 Å². The van der Waals surface area contributed by atoms with E-state index in [2.05, 4.69) is 43.1 Å². The summed E-state index contributed by atoms with van der Waals surface area (Å²) in [5.74, 6) is -3.75. The largest absolute Gasteiger partial charge is 0.352 e. The smallest absolute Gasteiger partial charge is 0.277 e. The van der Waals surface area contributed by atoms with Gasteiger partial charge in [-0.1, -0.05) is 36.4 Å². The number of hydrogen-bond acceptors (Lipinski definition) is 6. The van der Waals surface area contributed by atoms with Crippen molar-refractivity contribution in [2.45, 2.75) is 37.6 Å². The molecule has 3 N–H and O–H groups in total. The molecule has 0 aliphatic heterocycles. The van der Waals surface area contributed by atoms with Gasteiger partial charge in [0.1, 0.15) is 4.90 Å². The standard InChI is InChI=1S/C31H29F2IN4O4S/c1-19-14-23(34)11-12-25(19)37-30-24(31(39)38-42-18-21-9-10-21)16-27(28(32)29(30)33)43(40,41)36-17-26-22(8-5-13-35-26)15-20-6-3-2-4-7-20/h2-8,11-14,16,21,36-37H,9-10,15,17-18H2,1H3,(H,38,39). The molecule has 0 bridgehead atoms. The second kappa shape index (κ2) is 13.5. The van der Waals surface area contributed by atoms with Gasteiger partial charge in [-0.15, -0.1) is 0 Å². The van der Waals surface area contributed by atoms with Gasteiger partial charge in [-0.3, -0.25) is 14.6 Å². The second-order valence-corrected chi connectivity index (χ2v) is 13.3. The molecule has 224 valence electrons. The molecule has 0 spiro atoms. The third kappa shape index (κ3) is 7.74. The molecular formula is C31H29F2IN4O4S. The molecule has 1 aromatic heterocycles. The van der Waals surface area contributed by atoms with Crippen LogP contribution in [0.5, 0.6) is 0 Å². The highest BCUT2D eigenvalue weighted by Gasteiger charge is 2.30. The first-order valence-corrected chi connectivity index (χ1v) is 16.1. The molecule has 8 nitrogen and oxygen atoms in total. The number of hydroxylamine groups is 1. The van der Waals surface area contributed by atoms with E-state index in [0.717, 1.165) is 33.6 Å². The summed E-state index contributed by atoms with van der Waals surface area (Å²) in [6.45, 7) is 1.75. The minimum Gasteiger partial charge on any atom is -0.352 e. The third-order valence-corrected chi connectivity index (χ3v) is 9.06. The first-order valence-electron chi connectivity index (χ1n) is 13.6. The average Bonchev–Trinajstić information content (AvgIpc) is 3.81. The Morgan fingerprint density at radius 1 is 1.05 bits per heavy atom. The van der Waals surface area contributed by atoms with Crippen LogP contribution in [0.4, 0.5) is 20.2 Å². The summed E-state index contributed by atoms with van der Waals surface area (Å²) in [6.07, 6.45) is 3.96. The fourth-order valence-electron chi connectivity index (χ4n) is 4.41. The van der Waals surface area contributed by atoms with Gasteiger partial charge >= 0.3 is 0 Å². The number of halogens is 3. The summed E-state index contributed by atoms with van der Waals surface area (Å²) in [5, 5.41) is 2.78. The Labute approximate surface area is 262 Å². The number of anilines is 2. The van der Waals surface area contributed by atoms with E-state index in [0.29, 0.717) is 29.3 Å². The van der Waals surface area contributed by atoms with E-state index in [-0.39, 0.29) is 13.2 Å². The molecule has 12 heteroatoms. The molecule has 0 radical (unpaired) electrons. The van der Waals surface area contributed by atoms with Gasteiger partial charge in [0.15, 0.2) is 11.6 Å². The summed E-state index contributed by atoms with van der Waals surface area (Å²) < 4.78 is 61.2. The van der Waals surface area contributed by atoms with Crippen LogP contribution < -0.4 is 15.5 Å². The van der Waals surface area contributed by atoms with Crippen LogP contribution >= 0.6 is 22.6 Å². The molecular weight excluding hydrogens is 689 g/mol. The topological polar surface area (TPSA) is 109 Å². The molecule has 1 amide bonds. The van der Waals surface area contributed by atoms with Crippen LogP contribution in [0.3, 0.4) is 0 Å². The maximum atomic E-state index is 15.7. The Kier molecular flexibility index (Phi) is 9.69. The van der Waals surface area contributed by atoms with Crippen LogP contribution in [0.2, 0.25) is 0 Å². The molecule has 0 saturated heterocycles. The van der Waals surface area contributed by atoms with Gasteiger partial charge in [-0.05, 0) is 102 Å². The minimum absolute atomic E-state index is 0.260. The molecule has 5 rings (SSSR count). The van der Waals surface area contributed by atoms with Crippen molar-refractivity contribution in [2.75, 3.05) is 11.9 Å². The van der Waals surface area contributed by atoms with Crippen molar-refractivity contribution < 1.29 is 26.8 Å². The first kappa shape index (κ1) is 31.0. The molecule has 0 atom stereocenters. The lowest BCUT2D eigenvalue weighted by Gasteiger charge is -2.18. The second-order valence-electron chi connectivity index (χ2n) is 10.3. The van der Waals surface area contributed by atoms with Gasteiger partial charge in [-0.2, -0.15) is 0 Å². The molecule has 3 aromatic carbocycles. The summed E-state index contributed by atoms with van der Waals surface area (Å²) in [4.78, 5) is 21.7. The predicted molar refractivity (Wildman–Crippen MR) is 167 cm³/mol. The zero-order valence-electron chi connectivity index (χ0n) is 23.2. The number of nitrogens with one attached hydrogen (secondary N) is 3. The van der Waals surface area contributed by atoms with Gasteiger partial charge in [0, 0.05) is 15.5 Å². The van der Waals surface area contributed by atoms with Crippen LogP contribution in [0.25, 0.3) is 0 Å². The number of hydrogen-bond donors (Lipinski definition) is 3. The average molecular weight is 719 g/mol. The molecule has 43 heavy (non-hydrogen) atoms. The van der Waals surface area contributed by atoms with Gasteiger partial charge < -0.3 is 5.32 Å². The Balaban J connectivity index is 1.45. The van der Waals surface area contributed by atoms with E-state index in [1.807, 2.05) is 42.5 Å². The number of aryl methyl sites for hydroxylation is 1. The van der Waals surface area contributed by atoms with Crippen LogP contribution in [-0.4, -0.2) is 25.9 Å². The fourth-order valence-corrected chi connectivity index (χ4v) is 6.14. The minimum atomic E-state index is -4.64. The lowest BCUT2D eigenvalue weighted by atomic mass is 10.0. The number of carbonyl (C=O) groups is 1. The predicted octanol–water partition coefficient (Wildman–Crippen LogP) is 6.16. The van der Waals surface area contributed by atoms with Crippen molar-refractivity contribution in [3.63, 3.8) is 0 Å². The monoisotopic (exact) mass is 718 g/mol. The normalized spacial score (nSPS) is 13.1. The highest BCUT2D eigenvalue weighted by atomic mass is 127. The summed E-state index contributed by atoms with van der Waals surface area (Å²) in [7, 11) is -4.64. The van der Waals surface area contributed by atoms with Crippen molar-refractivity contribution >= 4 is 49.9 Å². The van der Waals surface area contributed by atoms with Crippen molar-refractivity contribution in [2.24, 2.45) is 5.92 Å². The quantitative estimate of drug-likeness (QED) is 0.120. The Bertz CT molecular complexity index is 1750. The van der Waals surface area contributed by atoms with E-state index in [1.54, 1.807) is 25.1 Å². The summed E-state index contributed by atoms with van der Waals surface area (Å²) in [6, 6.07) is 19.2. The Morgan fingerprint density at radius 2 is 1.81 bits per heavy atom. The zero-order valence-corrected chi connectivity index (χ0v) is 26.1. The molecule has 1 aliphatic rings. The molecule has 1 aliphatic carbocycles. The van der Waals surface area contributed by atoms with E-state index in [4.69, 9.17) is 4.84 Å². The van der Waals surface area contributed by atoms with E-state index < -0.39 is 43.7 Å². The summed E-state index contributed by atoms with van der Waals surface area (Å²) in [5.41, 5.74) is 4.61. The number of rotatable bonds is 12. The van der Waals surface area contributed by atoms with Crippen molar-refractivity contribution in [3.05, 3.63) is 116 Å². The number of benzene rings is 3. The molecule has 1 saturated carbocycles. The molecule has 1 heterocycles. The van der Waals surface area contributed by atoms with Crippen LogP contribution in [0.15, 0.2) is 77.8 Å². The molecule has 4 aromatic rings. The number of nitrogens with zero attached hydrogens (tertiary/aromatic N) is 1. The van der Waals surface area contributed by atoms with Gasteiger partial charge in [0.25, 0.3) is 5.91 Å². The van der Waals surface area contributed by atoms with E-state index in [9.17, 15) is 13.2 Å². The lowest BCUT2D eigenvalue weighted by Crippen LogP contribution is -2.29. The number of sulfonamides is 1. The SMILES string of the molecule is Cc1cc(I)ccc1Nc1c(C(=O)NOCC2CC2)cc(S(=O)(=O)NCc2ncccc2Cc2ccccc2)c(F)c1F. The zero-order chi connectivity index (χ0) is 30.6. The number of amides is 1. The van der Waals surface area contributed by atoms with E-state index in [1.165, 1.54) is 6.20 Å². The van der Waals surface area contributed by atoms with Crippen molar-refractivity contribution in [3.8, 4) is 0 Å². The Morgan fingerprint density at radius 3 is 2.53 bits per heavy atom.